The van der Waals surface area contributed by atoms with Crippen LogP contribution in [0.25, 0.3) is 0 Å². The van der Waals surface area contributed by atoms with Gasteiger partial charge in [0, 0.05) is 12.0 Å². The monoisotopic (exact) mass is 374 g/mol. The molecule has 2 nitrogen and oxygen atoms in total. The van der Waals surface area contributed by atoms with E-state index in [2.05, 4.69) is 6.92 Å². The van der Waals surface area contributed by atoms with Gasteiger partial charge in [0.15, 0.2) is 5.78 Å². The van der Waals surface area contributed by atoms with E-state index >= 15 is 0 Å². The van der Waals surface area contributed by atoms with Gasteiger partial charge in [-0.25, -0.2) is 0 Å². The van der Waals surface area contributed by atoms with Gasteiger partial charge in [0.1, 0.15) is 0 Å². The Balaban J connectivity index is 1.85. The maximum absolute atomic E-state index is 12.1. The Hall–Kier alpha value is -1.15. The van der Waals surface area contributed by atoms with Crippen molar-refractivity contribution in [3.05, 3.63) is 35.4 Å². The molecule has 0 unspecified atom stereocenters. The fourth-order valence-corrected chi connectivity index (χ4v) is 3.60. The lowest BCUT2D eigenvalue weighted by molar-refractivity contribution is 0.0979. The second-order valence-electron chi connectivity index (χ2n) is 7.98. The number of aliphatic hydroxyl groups excluding tert-OH is 1. The van der Waals surface area contributed by atoms with Gasteiger partial charge in [0.25, 0.3) is 0 Å². The zero-order valence-electron chi connectivity index (χ0n) is 17.7. The van der Waals surface area contributed by atoms with E-state index < -0.39 is 0 Å². The lowest BCUT2D eigenvalue weighted by atomic mass is 10.0. The van der Waals surface area contributed by atoms with E-state index in [1.165, 1.54) is 83.5 Å². The van der Waals surface area contributed by atoms with Crippen LogP contribution in [0, 0.1) is 0 Å². The van der Waals surface area contributed by atoms with E-state index in [0.717, 1.165) is 24.0 Å². The van der Waals surface area contributed by atoms with Gasteiger partial charge in [0.2, 0.25) is 0 Å². The molecule has 0 fully saturated rings. The van der Waals surface area contributed by atoms with E-state index in [1.807, 2.05) is 24.3 Å². The van der Waals surface area contributed by atoms with Crippen LogP contribution in [-0.4, -0.2) is 10.9 Å². The number of carbonyl (C=O) groups is 1. The molecule has 0 aliphatic carbocycles. The molecule has 0 saturated heterocycles. The summed E-state index contributed by atoms with van der Waals surface area (Å²) in [5, 5.41) is 9.03. The Labute approximate surface area is 167 Å². The van der Waals surface area contributed by atoms with E-state index in [1.54, 1.807) is 0 Å². The molecule has 0 spiro atoms. The van der Waals surface area contributed by atoms with Crippen molar-refractivity contribution in [2.24, 2.45) is 0 Å². The molecule has 1 aromatic rings. The van der Waals surface area contributed by atoms with Crippen molar-refractivity contribution in [2.75, 3.05) is 0 Å². The number of hydrogen-bond donors (Lipinski definition) is 1. The van der Waals surface area contributed by atoms with Crippen molar-refractivity contribution in [3.63, 3.8) is 0 Å². The number of ketones is 1. The number of benzene rings is 1. The second-order valence-corrected chi connectivity index (χ2v) is 7.98. The molecule has 0 saturated carbocycles. The van der Waals surface area contributed by atoms with Gasteiger partial charge in [0.05, 0.1) is 6.61 Å². The van der Waals surface area contributed by atoms with Gasteiger partial charge in [-0.15, -0.1) is 0 Å². The van der Waals surface area contributed by atoms with Crippen molar-refractivity contribution in [3.8, 4) is 0 Å². The summed E-state index contributed by atoms with van der Waals surface area (Å²) in [6, 6.07) is 7.33. The van der Waals surface area contributed by atoms with Crippen molar-refractivity contribution in [2.45, 2.75) is 116 Å². The maximum atomic E-state index is 12.1. The lowest BCUT2D eigenvalue weighted by Gasteiger charge is -2.04. The van der Waals surface area contributed by atoms with E-state index in [9.17, 15) is 4.79 Å². The molecule has 0 amide bonds. The molecule has 2 heteroatoms. The van der Waals surface area contributed by atoms with Gasteiger partial charge in [-0.1, -0.05) is 121 Å². The molecule has 1 aromatic carbocycles. The van der Waals surface area contributed by atoms with Gasteiger partial charge >= 0.3 is 0 Å². The van der Waals surface area contributed by atoms with E-state index in [4.69, 9.17) is 5.11 Å². The van der Waals surface area contributed by atoms with Gasteiger partial charge in [-0.2, -0.15) is 0 Å². The zero-order valence-corrected chi connectivity index (χ0v) is 17.7. The average molecular weight is 375 g/mol. The van der Waals surface area contributed by atoms with Crippen LogP contribution < -0.4 is 0 Å². The number of carbonyl (C=O) groups excluding carboxylic acids is 1. The maximum Gasteiger partial charge on any atom is 0.162 e. The first-order chi connectivity index (χ1) is 13.3. The van der Waals surface area contributed by atoms with Crippen LogP contribution in [0.2, 0.25) is 0 Å². The van der Waals surface area contributed by atoms with Gasteiger partial charge < -0.3 is 5.11 Å². The van der Waals surface area contributed by atoms with Crippen LogP contribution in [0.3, 0.4) is 0 Å². The Morgan fingerprint density at radius 2 is 1.07 bits per heavy atom. The molecular formula is C25H42O2. The summed E-state index contributed by atoms with van der Waals surface area (Å²) in [4.78, 5) is 12.1. The number of rotatable bonds is 18. The fourth-order valence-electron chi connectivity index (χ4n) is 3.60. The van der Waals surface area contributed by atoms with Crippen molar-refractivity contribution >= 4 is 5.78 Å². The van der Waals surface area contributed by atoms with Crippen LogP contribution >= 0.6 is 0 Å². The Morgan fingerprint density at radius 3 is 1.48 bits per heavy atom. The third kappa shape index (κ3) is 12.8. The number of aliphatic hydroxyl groups is 1. The molecule has 27 heavy (non-hydrogen) atoms. The summed E-state index contributed by atoms with van der Waals surface area (Å²) in [5.41, 5.74) is 1.64. The van der Waals surface area contributed by atoms with Crippen LogP contribution in [0.4, 0.5) is 0 Å². The predicted octanol–water partition coefficient (Wildman–Crippen LogP) is 7.62. The lowest BCUT2D eigenvalue weighted by Crippen LogP contribution is -1.99. The third-order valence-corrected chi connectivity index (χ3v) is 5.47. The number of unbranched alkanes of at least 4 members (excludes halogenated alkanes) is 14. The summed E-state index contributed by atoms with van der Waals surface area (Å²) in [5.74, 6) is 0.231. The molecule has 0 bridgehead atoms. The van der Waals surface area contributed by atoms with Crippen LogP contribution in [0.5, 0.6) is 0 Å². The Morgan fingerprint density at radius 1 is 0.667 bits per heavy atom. The minimum atomic E-state index is 0.0352. The molecule has 1 rings (SSSR count). The number of hydrogen-bond acceptors (Lipinski definition) is 2. The normalized spacial score (nSPS) is 11.0. The molecule has 0 aliphatic rings. The molecule has 0 aliphatic heterocycles. The van der Waals surface area contributed by atoms with Gasteiger partial charge in [-0.05, 0) is 12.0 Å². The molecule has 154 valence electrons. The van der Waals surface area contributed by atoms with Crippen LogP contribution in [0.1, 0.15) is 126 Å². The van der Waals surface area contributed by atoms with Crippen LogP contribution in [-0.2, 0) is 6.61 Å². The summed E-state index contributed by atoms with van der Waals surface area (Å²) in [7, 11) is 0. The summed E-state index contributed by atoms with van der Waals surface area (Å²) in [6.45, 7) is 2.31. The molecule has 1 N–H and O–H groups in total. The van der Waals surface area contributed by atoms with Crippen LogP contribution in [0.15, 0.2) is 24.3 Å². The Kier molecular flexibility index (Phi) is 15.0. The predicted molar refractivity (Wildman–Crippen MR) is 116 cm³/mol. The SMILES string of the molecule is CCCCCCCCCCCCCCCCCC(=O)c1ccc(CO)cc1. The largest absolute Gasteiger partial charge is 0.392 e. The first-order valence-corrected chi connectivity index (χ1v) is 11.5. The molecule has 0 heterocycles. The molecular weight excluding hydrogens is 332 g/mol. The first-order valence-electron chi connectivity index (χ1n) is 11.5. The quantitative estimate of drug-likeness (QED) is 0.212. The average Bonchev–Trinajstić information content (AvgIpc) is 2.70. The van der Waals surface area contributed by atoms with E-state index in [0.29, 0.717) is 6.42 Å². The topological polar surface area (TPSA) is 37.3 Å². The minimum absolute atomic E-state index is 0.0352. The van der Waals surface area contributed by atoms with Gasteiger partial charge in [-0.3, -0.25) is 4.79 Å². The highest BCUT2D eigenvalue weighted by molar-refractivity contribution is 5.96. The fraction of sp³-hybridized carbons (Fsp3) is 0.720. The zero-order chi connectivity index (χ0) is 19.6. The Bertz CT molecular complexity index is 464. The summed E-state index contributed by atoms with van der Waals surface area (Å²) >= 11 is 0. The van der Waals surface area contributed by atoms with Crippen molar-refractivity contribution in [1.82, 2.24) is 0 Å². The standard InChI is InChI=1S/C25H42O2/c1-2-3-4-5-6-7-8-9-10-11-12-13-14-15-16-17-25(27)24-20-18-23(22-26)19-21-24/h18-21,26H,2-17,22H2,1H3. The molecule has 0 atom stereocenters. The minimum Gasteiger partial charge on any atom is -0.392 e. The highest BCUT2D eigenvalue weighted by atomic mass is 16.3. The summed E-state index contributed by atoms with van der Waals surface area (Å²) in [6.07, 6.45) is 20.8. The number of Topliss-reactive ketones (excluding diaryl/α,β-unsaturated/α-hetero) is 1. The highest BCUT2D eigenvalue weighted by Crippen LogP contribution is 2.15. The second kappa shape index (κ2) is 17.0. The third-order valence-electron chi connectivity index (χ3n) is 5.47. The molecule has 0 aromatic heterocycles. The van der Waals surface area contributed by atoms with Crippen molar-refractivity contribution in [1.29, 1.82) is 0 Å². The summed E-state index contributed by atoms with van der Waals surface area (Å²) < 4.78 is 0. The first kappa shape index (κ1) is 23.9. The molecule has 0 radical (unpaired) electrons. The van der Waals surface area contributed by atoms with E-state index in [-0.39, 0.29) is 12.4 Å². The van der Waals surface area contributed by atoms with Crippen molar-refractivity contribution < 1.29 is 9.90 Å². The highest BCUT2D eigenvalue weighted by Gasteiger charge is 2.05. The smallest absolute Gasteiger partial charge is 0.162 e.